The number of carbonyl (C=O) groups is 1. The second kappa shape index (κ2) is 8.55. The number of hydrogen-bond donors (Lipinski definition) is 1. The molecule has 144 valence electrons. The van der Waals surface area contributed by atoms with Crippen LogP contribution in [0.2, 0.25) is 0 Å². The fourth-order valence-corrected chi connectivity index (χ4v) is 3.83. The van der Waals surface area contributed by atoms with Gasteiger partial charge in [-0.2, -0.15) is 0 Å². The molecule has 0 unspecified atom stereocenters. The highest BCUT2D eigenvalue weighted by Gasteiger charge is 2.46. The lowest BCUT2D eigenvalue weighted by Gasteiger charge is -2.45. The molecule has 0 radical (unpaired) electrons. The van der Waals surface area contributed by atoms with E-state index in [0.29, 0.717) is 5.56 Å². The first kappa shape index (κ1) is 19.4. The van der Waals surface area contributed by atoms with Crippen LogP contribution in [-0.2, 0) is 10.3 Å². The highest BCUT2D eigenvalue weighted by atomic mass is 16.6. The summed E-state index contributed by atoms with van der Waals surface area (Å²) in [6.45, 7) is 2.40. The van der Waals surface area contributed by atoms with Crippen LogP contribution in [0.3, 0.4) is 0 Å². The van der Waals surface area contributed by atoms with Crippen LogP contribution < -0.4 is 10.1 Å². The predicted molar refractivity (Wildman–Crippen MR) is 106 cm³/mol. The minimum Gasteiger partial charge on any atom is -0.497 e. The standard InChI is InChI=1S/C22H28N2O3/c1-24(2)16-19-15-23-13-12-22(19,18-10-7-11-20(14-18)26-3)27-21(25)17-8-5-4-6-9-17/h4-11,14,19,23H,12-13,15-16H2,1-3H3/t19-,22+/m1/s1. The highest BCUT2D eigenvalue weighted by molar-refractivity contribution is 5.89. The average molecular weight is 368 g/mol. The van der Waals surface area contributed by atoms with Crippen molar-refractivity contribution in [3.8, 4) is 5.75 Å². The lowest BCUT2D eigenvalue weighted by molar-refractivity contribution is -0.0768. The molecule has 5 heteroatoms. The van der Waals surface area contributed by atoms with E-state index in [1.54, 1.807) is 19.2 Å². The summed E-state index contributed by atoms with van der Waals surface area (Å²) in [6.07, 6.45) is 0.719. The topological polar surface area (TPSA) is 50.8 Å². The van der Waals surface area contributed by atoms with Gasteiger partial charge in [0.15, 0.2) is 0 Å². The lowest BCUT2D eigenvalue weighted by atomic mass is 9.75. The van der Waals surface area contributed by atoms with E-state index in [4.69, 9.17) is 9.47 Å². The van der Waals surface area contributed by atoms with Gasteiger partial charge in [0.25, 0.3) is 0 Å². The number of piperidine rings is 1. The minimum absolute atomic E-state index is 0.126. The molecule has 2 aromatic rings. The zero-order valence-corrected chi connectivity index (χ0v) is 16.3. The summed E-state index contributed by atoms with van der Waals surface area (Å²) in [5.74, 6) is 0.606. The summed E-state index contributed by atoms with van der Waals surface area (Å²) < 4.78 is 11.7. The van der Waals surface area contributed by atoms with Crippen molar-refractivity contribution < 1.29 is 14.3 Å². The number of esters is 1. The molecule has 0 aliphatic carbocycles. The smallest absolute Gasteiger partial charge is 0.339 e. The molecule has 2 atom stereocenters. The van der Waals surface area contributed by atoms with Gasteiger partial charge < -0.3 is 19.7 Å². The van der Waals surface area contributed by atoms with Gasteiger partial charge in [0.2, 0.25) is 0 Å². The van der Waals surface area contributed by atoms with E-state index in [9.17, 15) is 4.79 Å². The molecule has 0 amide bonds. The van der Waals surface area contributed by atoms with E-state index in [1.807, 2.05) is 56.6 Å². The van der Waals surface area contributed by atoms with Crippen molar-refractivity contribution in [2.45, 2.75) is 12.0 Å². The van der Waals surface area contributed by atoms with Crippen LogP contribution in [0.5, 0.6) is 5.75 Å². The average Bonchev–Trinajstić information content (AvgIpc) is 2.70. The molecule has 1 saturated heterocycles. The van der Waals surface area contributed by atoms with Crippen molar-refractivity contribution in [1.82, 2.24) is 10.2 Å². The summed E-state index contributed by atoms with van der Waals surface area (Å²) in [7, 11) is 5.75. The molecule has 5 nitrogen and oxygen atoms in total. The number of nitrogens with zero attached hydrogens (tertiary/aromatic N) is 1. The van der Waals surface area contributed by atoms with E-state index in [2.05, 4.69) is 10.2 Å². The Bertz CT molecular complexity index is 763. The Morgan fingerprint density at radius 1 is 1.19 bits per heavy atom. The fraction of sp³-hybridized carbons (Fsp3) is 0.409. The van der Waals surface area contributed by atoms with Crippen LogP contribution in [-0.4, -0.2) is 51.7 Å². The fourth-order valence-electron chi connectivity index (χ4n) is 3.83. The van der Waals surface area contributed by atoms with Gasteiger partial charge in [0.05, 0.1) is 12.7 Å². The Hall–Kier alpha value is -2.37. The Balaban J connectivity index is 2.02. The maximum atomic E-state index is 13.0. The number of ether oxygens (including phenoxy) is 2. The monoisotopic (exact) mass is 368 g/mol. The SMILES string of the molecule is COc1cccc([C@@]2(OC(=O)c3ccccc3)CCNC[C@@H]2CN(C)C)c1. The number of rotatable bonds is 6. The molecule has 1 aliphatic heterocycles. The molecule has 0 saturated carbocycles. The second-order valence-corrected chi connectivity index (χ2v) is 7.29. The molecule has 0 spiro atoms. The van der Waals surface area contributed by atoms with E-state index >= 15 is 0 Å². The number of nitrogens with one attached hydrogen (secondary N) is 1. The highest BCUT2D eigenvalue weighted by Crippen LogP contribution is 2.41. The van der Waals surface area contributed by atoms with Gasteiger partial charge in [-0.1, -0.05) is 30.3 Å². The first-order chi connectivity index (χ1) is 13.0. The summed E-state index contributed by atoms with van der Waals surface area (Å²) in [5, 5.41) is 3.46. The Morgan fingerprint density at radius 2 is 1.96 bits per heavy atom. The van der Waals surface area contributed by atoms with Crippen molar-refractivity contribution in [2.75, 3.05) is 40.8 Å². The van der Waals surface area contributed by atoms with Crippen molar-refractivity contribution in [1.29, 1.82) is 0 Å². The molecule has 1 N–H and O–H groups in total. The molecule has 2 aromatic carbocycles. The van der Waals surface area contributed by atoms with E-state index in [1.165, 1.54) is 0 Å². The van der Waals surface area contributed by atoms with Crippen molar-refractivity contribution in [3.05, 3.63) is 65.7 Å². The minimum atomic E-state index is -0.697. The van der Waals surface area contributed by atoms with Crippen LogP contribution in [0, 0.1) is 5.92 Å². The van der Waals surface area contributed by atoms with Gasteiger partial charge in [-0.3, -0.25) is 0 Å². The predicted octanol–water partition coefficient (Wildman–Crippen LogP) is 2.92. The third-order valence-electron chi connectivity index (χ3n) is 5.15. The molecule has 1 heterocycles. The van der Waals surface area contributed by atoms with Gasteiger partial charge in [0, 0.05) is 25.4 Å². The van der Waals surface area contributed by atoms with E-state index in [0.717, 1.165) is 37.4 Å². The normalized spacial score (nSPS) is 22.4. The molecule has 3 rings (SSSR count). The molecular weight excluding hydrogens is 340 g/mol. The van der Waals surface area contributed by atoms with Crippen molar-refractivity contribution in [3.63, 3.8) is 0 Å². The van der Waals surface area contributed by atoms with E-state index < -0.39 is 5.60 Å². The Labute approximate surface area is 161 Å². The number of carbonyl (C=O) groups excluding carboxylic acids is 1. The van der Waals surface area contributed by atoms with Gasteiger partial charge in [0.1, 0.15) is 11.4 Å². The summed E-state index contributed by atoms with van der Waals surface area (Å²) >= 11 is 0. The molecular formula is C22H28N2O3. The Kier molecular flexibility index (Phi) is 6.14. The summed E-state index contributed by atoms with van der Waals surface area (Å²) in [4.78, 5) is 15.1. The third-order valence-corrected chi connectivity index (χ3v) is 5.15. The Morgan fingerprint density at radius 3 is 2.67 bits per heavy atom. The van der Waals surface area contributed by atoms with Crippen molar-refractivity contribution >= 4 is 5.97 Å². The third kappa shape index (κ3) is 4.31. The van der Waals surface area contributed by atoms with Gasteiger partial charge in [-0.05, 0) is 50.5 Å². The molecule has 27 heavy (non-hydrogen) atoms. The largest absolute Gasteiger partial charge is 0.497 e. The number of hydrogen-bond acceptors (Lipinski definition) is 5. The molecule has 1 aliphatic rings. The van der Waals surface area contributed by atoms with Gasteiger partial charge in [-0.15, -0.1) is 0 Å². The van der Waals surface area contributed by atoms with Crippen LogP contribution in [0.1, 0.15) is 22.3 Å². The molecule has 0 aromatic heterocycles. The van der Waals surface area contributed by atoms with Crippen LogP contribution in [0.15, 0.2) is 54.6 Å². The van der Waals surface area contributed by atoms with Crippen molar-refractivity contribution in [2.24, 2.45) is 5.92 Å². The van der Waals surface area contributed by atoms with Crippen LogP contribution in [0.25, 0.3) is 0 Å². The van der Waals surface area contributed by atoms with Crippen LogP contribution in [0.4, 0.5) is 0 Å². The maximum absolute atomic E-state index is 13.0. The summed E-state index contributed by atoms with van der Waals surface area (Å²) in [6, 6.07) is 17.1. The molecule has 0 bridgehead atoms. The number of methoxy groups -OCH3 is 1. The quantitative estimate of drug-likeness (QED) is 0.795. The van der Waals surface area contributed by atoms with E-state index in [-0.39, 0.29) is 11.9 Å². The first-order valence-corrected chi connectivity index (χ1v) is 9.33. The second-order valence-electron chi connectivity index (χ2n) is 7.29. The summed E-state index contributed by atoms with van der Waals surface area (Å²) in [5.41, 5.74) is 0.859. The maximum Gasteiger partial charge on any atom is 0.339 e. The molecule has 1 fully saturated rings. The lowest BCUT2D eigenvalue weighted by Crippen LogP contribution is -2.53. The zero-order valence-electron chi connectivity index (χ0n) is 16.3. The van der Waals surface area contributed by atoms with Gasteiger partial charge in [-0.25, -0.2) is 4.79 Å². The zero-order chi connectivity index (χ0) is 19.3. The van der Waals surface area contributed by atoms with Crippen LogP contribution >= 0.6 is 0 Å². The van der Waals surface area contributed by atoms with Gasteiger partial charge >= 0.3 is 5.97 Å². The number of benzene rings is 2. The first-order valence-electron chi connectivity index (χ1n) is 9.33.